The molecule has 2 aliphatic heterocycles. The summed E-state index contributed by atoms with van der Waals surface area (Å²) in [4.78, 5) is 4.00. The van der Waals surface area contributed by atoms with Crippen molar-refractivity contribution >= 4 is 12.1 Å². The zero-order valence-electron chi connectivity index (χ0n) is 5.60. The lowest BCUT2D eigenvalue weighted by Gasteiger charge is -2.04. The van der Waals surface area contributed by atoms with Crippen molar-refractivity contribution in [2.24, 2.45) is 20.5 Å². The van der Waals surface area contributed by atoms with Crippen LogP contribution in [0, 0.1) is 0 Å². The van der Waals surface area contributed by atoms with Gasteiger partial charge < -0.3 is 0 Å². The molecular formula is C6H5N5. The highest BCUT2D eigenvalue weighted by atomic mass is 15.6. The Kier molecular flexibility index (Phi) is 1.33. The van der Waals surface area contributed by atoms with E-state index in [0.717, 1.165) is 5.70 Å². The number of aliphatic imine (C=N–C) groups is 1. The van der Waals surface area contributed by atoms with Crippen LogP contribution in [-0.2, 0) is 0 Å². The molecule has 0 saturated heterocycles. The molecule has 11 heavy (non-hydrogen) atoms. The predicted octanol–water partition coefficient (Wildman–Crippen LogP) is 0.795. The summed E-state index contributed by atoms with van der Waals surface area (Å²) in [7, 11) is 0. The van der Waals surface area contributed by atoms with Gasteiger partial charge in [0, 0.05) is 6.21 Å². The molecule has 54 valence electrons. The molecule has 0 bridgehead atoms. The number of hydrogen-bond donors (Lipinski definition) is 1. The molecule has 0 aromatic carbocycles. The first-order valence-electron chi connectivity index (χ1n) is 3.12. The van der Waals surface area contributed by atoms with Crippen LogP contribution in [0.5, 0.6) is 0 Å². The second kappa shape index (κ2) is 2.45. The van der Waals surface area contributed by atoms with Gasteiger partial charge in [-0.3, -0.25) is 5.43 Å². The first kappa shape index (κ1) is 5.96. The summed E-state index contributed by atoms with van der Waals surface area (Å²) in [5, 5.41) is 10.7. The average molecular weight is 147 g/mol. The number of nitrogens with one attached hydrogen (secondary N) is 1. The Bertz CT molecular complexity index is 307. The molecule has 0 spiro atoms. The van der Waals surface area contributed by atoms with E-state index in [1.54, 1.807) is 6.21 Å². The molecule has 0 fully saturated rings. The largest absolute Gasteiger partial charge is 0.254 e. The Morgan fingerprint density at radius 3 is 3.27 bits per heavy atom. The van der Waals surface area contributed by atoms with Crippen LogP contribution in [0.25, 0.3) is 0 Å². The van der Waals surface area contributed by atoms with Gasteiger partial charge in [-0.05, 0) is 22.6 Å². The summed E-state index contributed by atoms with van der Waals surface area (Å²) in [5.41, 5.74) is 3.45. The zero-order chi connectivity index (χ0) is 7.52. The van der Waals surface area contributed by atoms with Gasteiger partial charge in [-0.1, -0.05) is 6.08 Å². The number of nitrogens with zero attached hydrogens (tertiary/aromatic N) is 4. The monoisotopic (exact) mass is 147 g/mol. The van der Waals surface area contributed by atoms with Crippen molar-refractivity contribution in [3.63, 3.8) is 0 Å². The molecule has 0 radical (unpaired) electrons. The summed E-state index contributed by atoms with van der Waals surface area (Å²) >= 11 is 0. The molecule has 5 heteroatoms. The normalized spacial score (nSPS) is 19.6. The fourth-order valence-electron chi connectivity index (χ4n) is 0.767. The lowest BCUT2D eigenvalue weighted by molar-refractivity contribution is 0.775. The Hall–Kier alpha value is -1.78. The van der Waals surface area contributed by atoms with E-state index in [-0.39, 0.29) is 0 Å². The van der Waals surface area contributed by atoms with E-state index in [4.69, 9.17) is 0 Å². The second-order valence-corrected chi connectivity index (χ2v) is 1.97. The molecule has 0 atom stereocenters. The zero-order valence-corrected chi connectivity index (χ0v) is 5.60. The number of allylic oxidation sites excluding steroid dienone is 3. The van der Waals surface area contributed by atoms with Crippen molar-refractivity contribution in [2.75, 3.05) is 0 Å². The Morgan fingerprint density at radius 2 is 2.27 bits per heavy atom. The molecule has 1 N–H and O–H groups in total. The highest BCUT2D eigenvalue weighted by Gasteiger charge is 2.07. The van der Waals surface area contributed by atoms with Crippen LogP contribution < -0.4 is 5.43 Å². The molecule has 2 heterocycles. The fourth-order valence-corrected chi connectivity index (χ4v) is 0.767. The standard InChI is InChI=1S/C6H5N5/c1-2-4-7-6-5(3-1)8-10-11-9-6/h1-4H,(H,8,11). The maximum absolute atomic E-state index is 4.00. The molecular weight excluding hydrogens is 142 g/mol. The van der Waals surface area contributed by atoms with Crippen LogP contribution in [-0.4, -0.2) is 12.1 Å². The summed E-state index contributed by atoms with van der Waals surface area (Å²) in [6, 6.07) is 0. The lowest BCUT2D eigenvalue weighted by Crippen LogP contribution is -2.15. The predicted molar refractivity (Wildman–Crippen MR) is 41.1 cm³/mol. The average Bonchev–Trinajstić information content (AvgIpc) is 2.28. The highest BCUT2D eigenvalue weighted by Crippen LogP contribution is 2.04. The maximum atomic E-state index is 4.00. The van der Waals surface area contributed by atoms with Crippen molar-refractivity contribution in [3.05, 3.63) is 23.9 Å². The molecule has 0 aromatic rings. The van der Waals surface area contributed by atoms with Crippen LogP contribution in [0.4, 0.5) is 0 Å². The van der Waals surface area contributed by atoms with E-state index in [1.165, 1.54) is 0 Å². The van der Waals surface area contributed by atoms with E-state index in [9.17, 15) is 0 Å². The van der Waals surface area contributed by atoms with Gasteiger partial charge in [-0.15, -0.1) is 5.10 Å². The molecule has 2 aliphatic rings. The minimum Gasteiger partial charge on any atom is -0.254 e. The Labute approximate surface area is 62.9 Å². The highest BCUT2D eigenvalue weighted by molar-refractivity contribution is 6.04. The summed E-state index contributed by atoms with van der Waals surface area (Å²) in [6.07, 6.45) is 7.17. The van der Waals surface area contributed by atoms with E-state index < -0.39 is 0 Å². The smallest absolute Gasteiger partial charge is 0.201 e. The third-order valence-electron chi connectivity index (χ3n) is 1.25. The third kappa shape index (κ3) is 1.07. The van der Waals surface area contributed by atoms with Crippen LogP contribution in [0.1, 0.15) is 0 Å². The van der Waals surface area contributed by atoms with Crippen molar-refractivity contribution < 1.29 is 0 Å². The first-order valence-corrected chi connectivity index (χ1v) is 3.12. The summed E-state index contributed by atoms with van der Waals surface area (Å²) in [5.74, 6) is 0.560. The van der Waals surface area contributed by atoms with Crippen molar-refractivity contribution in [1.29, 1.82) is 0 Å². The van der Waals surface area contributed by atoms with Gasteiger partial charge in [0.25, 0.3) is 0 Å². The van der Waals surface area contributed by atoms with Crippen molar-refractivity contribution in [1.82, 2.24) is 5.43 Å². The third-order valence-corrected chi connectivity index (χ3v) is 1.25. The SMILES string of the molecule is C1=CC=C2NN=NN=C2N=C1. The first-order chi connectivity index (χ1) is 5.47. The van der Waals surface area contributed by atoms with Crippen LogP contribution >= 0.6 is 0 Å². The van der Waals surface area contributed by atoms with Gasteiger partial charge in [0.15, 0.2) is 0 Å². The summed E-state index contributed by atoms with van der Waals surface area (Å²) < 4.78 is 0. The van der Waals surface area contributed by atoms with Gasteiger partial charge in [0.2, 0.25) is 5.84 Å². The van der Waals surface area contributed by atoms with Gasteiger partial charge in [-0.25, -0.2) is 4.99 Å². The quantitative estimate of drug-likeness (QED) is 0.541. The molecule has 0 aliphatic carbocycles. The topological polar surface area (TPSA) is 61.5 Å². The van der Waals surface area contributed by atoms with Gasteiger partial charge in [-0.2, -0.15) is 0 Å². The minimum absolute atomic E-state index is 0.560. The Balaban J connectivity index is 2.44. The Morgan fingerprint density at radius 1 is 1.27 bits per heavy atom. The number of hydrogen-bond acceptors (Lipinski definition) is 5. The minimum atomic E-state index is 0.560. The molecule has 0 amide bonds. The summed E-state index contributed by atoms with van der Waals surface area (Å²) in [6.45, 7) is 0. The van der Waals surface area contributed by atoms with Crippen LogP contribution in [0.15, 0.2) is 44.5 Å². The van der Waals surface area contributed by atoms with Gasteiger partial charge in [0.1, 0.15) is 5.70 Å². The molecule has 0 aromatic heterocycles. The number of rotatable bonds is 0. The number of amidine groups is 1. The molecule has 2 rings (SSSR count). The molecule has 0 saturated carbocycles. The van der Waals surface area contributed by atoms with Gasteiger partial charge in [0.05, 0.1) is 0 Å². The maximum Gasteiger partial charge on any atom is 0.201 e. The molecule has 5 nitrogen and oxygen atoms in total. The van der Waals surface area contributed by atoms with E-state index >= 15 is 0 Å². The lowest BCUT2D eigenvalue weighted by atomic mass is 10.4. The van der Waals surface area contributed by atoms with Crippen LogP contribution in [0.2, 0.25) is 0 Å². The fraction of sp³-hybridized carbons (Fsp3) is 0. The van der Waals surface area contributed by atoms with E-state index in [2.05, 4.69) is 26.0 Å². The molecule has 0 unspecified atom stereocenters. The van der Waals surface area contributed by atoms with Crippen molar-refractivity contribution in [3.8, 4) is 0 Å². The number of fused-ring (bicyclic) bond motifs is 1. The van der Waals surface area contributed by atoms with Crippen molar-refractivity contribution in [2.45, 2.75) is 0 Å². The van der Waals surface area contributed by atoms with Gasteiger partial charge >= 0.3 is 0 Å². The van der Waals surface area contributed by atoms with E-state index in [1.807, 2.05) is 18.2 Å². The second-order valence-electron chi connectivity index (χ2n) is 1.97. The van der Waals surface area contributed by atoms with Crippen LogP contribution in [0.3, 0.4) is 0 Å². The van der Waals surface area contributed by atoms with E-state index in [0.29, 0.717) is 5.84 Å².